The van der Waals surface area contributed by atoms with E-state index in [-0.39, 0.29) is 97.9 Å². The van der Waals surface area contributed by atoms with Gasteiger partial charge in [-0.05, 0) is 124 Å². The van der Waals surface area contributed by atoms with E-state index >= 15 is 0 Å². The topological polar surface area (TPSA) is 190 Å². The number of carbonyl (C=O) groups is 4. The maximum atomic E-state index is 14.4. The molecule has 4 N–H and O–H groups in total. The Morgan fingerprint density at radius 2 is 0.442 bits per heavy atom. The van der Waals surface area contributed by atoms with E-state index in [1.165, 1.54) is 0 Å². The molecule has 104 heavy (non-hydrogen) atoms. The Bertz CT molecular complexity index is 3610. The molecule has 0 aromatic heterocycles. The van der Waals surface area contributed by atoms with Crippen LogP contribution < -0.4 is 59.2 Å². The van der Waals surface area contributed by atoms with E-state index in [4.69, 9.17) is 37.9 Å². The maximum Gasteiger partial charge on any atom is 0.258 e. The Kier molecular flexibility index (Phi) is 27.8. The number of amides is 4. The zero-order valence-corrected chi connectivity index (χ0v) is 63.6. The highest BCUT2D eigenvalue weighted by Crippen LogP contribution is 2.54. The number of benzene rings is 8. The molecule has 1 aliphatic rings. The van der Waals surface area contributed by atoms with Crippen LogP contribution in [0.1, 0.15) is 223 Å². The first-order valence-electron chi connectivity index (χ1n) is 36.7. The lowest BCUT2D eigenvalue weighted by Crippen LogP contribution is -2.31. The van der Waals surface area contributed by atoms with Gasteiger partial charge < -0.3 is 59.2 Å². The van der Waals surface area contributed by atoms with Crippen molar-refractivity contribution in [2.45, 2.75) is 157 Å². The minimum atomic E-state index is -0.511. The fourth-order valence-electron chi connectivity index (χ4n) is 14.3. The number of nitrogens with one attached hydrogen (secondary N) is 4. The van der Waals surface area contributed by atoms with Gasteiger partial charge in [0.15, 0.2) is 26.4 Å². The smallest absolute Gasteiger partial charge is 0.258 e. The van der Waals surface area contributed by atoms with Crippen LogP contribution in [0.5, 0.6) is 46.0 Å². The molecule has 0 spiro atoms. The van der Waals surface area contributed by atoms with Crippen molar-refractivity contribution in [3.8, 4) is 46.0 Å². The van der Waals surface area contributed by atoms with Crippen molar-refractivity contribution in [3.05, 3.63) is 237 Å². The van der Waals surface area contributed by atoms with Crippen LogP contribution in [0.2, 0.25) is 0 Å². The number of ether oxygens (including phenoxy) is 8. The SMILES string of the molecule is COc1cc(OCC(=O)N[C@@H](C)c2ccccc2)c2cc1[C@@H](CC(C)C)c1cc(c(OC)cc1OCC(=O)N[C@@H](C)c1ccccc1)[C@@H](CC(C)C)c1cc(c(OC)cc1OCC(=O)N[C@@H](C)c1ccccc1)[C@@H](CC(C)C)c1cc(c(OC)cc1OCC(=O)N[C@@H](C)c1ccccc1)[C@H]2CC(C)C. The Morgan fingerprint density at radius 3 is 0.606 bits per heavy atom. The van der Waals surface area contributed by atoms with Crippen molar-refractivity contribution in [3.63, 3.8) is 0 Å². The summed E-state index contributed by atoms with van der Waals surface area (Å²) in [4.78, 5) is 57.4. The number of hydrogen-bond acceptors (Lipinski definition) is 12. The third-order valence-electron chi connectivity index (χ3n) is 19.4. The van der Waals surface area contributed by atoms with E-state index < -0.39 is 23.7 Å². The molecule has 8 aromatic rings. The van der Waals surface area contributed by atoms with Crippen molar-refractivity contribution >= 4 is 23.6 Å². The van der Waals surface area contributed by atoms with Gasteiger partial charge in [0, 0.05) is 92.4 Å². The molecule has 0 radical (unpaired) electrons. The molecule has 0 unspecified atom stereocenters. The largest absolute Gasteiger partial charge is 0.496 e. The molecule has 9 rings (SSSR count). The molecule has 0 saturated heterocycles. The molecule has 16 nitrogen and oxygen atoms in total. The summed E-state index contributed by atoms with van der Waals surface area (Å²) in [5.74, 6) is 0.613. The number of fused-ring (bicyclic) bond motifs is 8. The van der Waals surface area contributed by atoms with Gasteiger partial charge in [0.25, 0.3) is 23.6 Å². The number of rotatable bonds is 32. The van der Waals surface area contributed by atoms with Crippen molar-refractivity contribution < 1.29 is 57.1 Å². The van der Waals surface area contributed by atoms with Crippen molar-refractivity contribution in [1.82, 2.24) is 21.3 Å². The van der Waals surface area contributed by atoms with E-state index in [0.717, 1.165) is 66.8 Å². The highest BCUT2D eigenvalue weighted by Gasteiger charge is 2.37. The first kappa shape index (κ1) is 78.2. The lowest BCUT2D eigenvalue weighted by atomic mass is 9.75. The van der Waals surface area contributed by atoms with Crippen LogP contribution in [-0.4, -0.2) is 78.5 Å². The second-order valence-corrected chi connectivity index (χ2v) is 29.2. The minimum Gasteiger partial charge on any atom is -0.496 e. The summed E-state index contributed by atoms with van der Waals surface area (Å²) in [7, 11) is 6.58. The van der Waals surface area contributed by atoms with E-state index in [0.29, 0.717) is 71.7 Å². The molecule has 0 heterocycles. The van der Waals surface area contributed by atoms with Crippen molar-refractivity contribution in [1.29, 1.82) is 0 Å². The average Bonchev–Trinajstić information content (AvgIpc) is 0.748. The van der Waals surface area contributed by atoms with Crippen LogP contribution in [0.25, 0.3) is 0 Å². The first-order valence-corrected chi connectivity index (χ1v) is 36.7. The van der Waals surface area contributed by atoms with Crippen molar-refractivity contribution in [2.75, 3.05) is 54.9 Å². The van der Waals surface area contributed by atoms with Gasteiger partial charge >= 0.3 is 0 Å². The summed E-state index contributed by atoms with van der Waals surface area (Å²) in [5.41, 5.74) is 10.0. The predicted molar refractivity (Wildman–Crippen MR) is 411 cm³/mol. The molecular weight excluding hydrogens is 1300 g/mol. The zero-order valence-electron chi connectivity index (χ0n) is 63.6. The zero-order chi connectivity index (χ0) is 74.7. The van der Waals surface area contributed by atoms with Crippen LogP contribution in [0.3, 0.4) is 0 Å². The molecule has 4 amide bonds. The Balaban J connectivity index is 1.36. The molecule has 8 bridgehead atoms. The fourth-order valence-corrected chi connectivity index (χ4v) is 14.3. The number of methoxy groups -OCH3 is 4. The second-order valence-electron chi connectivity index (χ2n) is 29.2. The summed E-state index contributed by atoms with van der Waals surface area (Å²) in [6.45, 7) is 24.0. The third-order valence-corrected chi connectivity index (χ3v) is 19.4. The van der Waals surface area contributed by atoms with Gasteiger partial charge in [-0.25, -0.2) is 0 Å². The first-order chi connectivity index (χ1) is 50.0. The normalized spacial score (nSPS) is 16.0. The third kappa shape index (κ3) is 20.3. The molecule has 552 valence electrons. The molecule has 0 aliphatic heterocycles. The Labute approximate surface area is 616 Å². The summed E-state index contributed by atoms with van der Waals surface area (Å²) < 4.78 is 54.2. The van der Waals surface area contributed by atoms with E-state index in [1.54, 1.807) is 28.4 Å². The lowest BCUT2D eigenvalue weighted by molar-refractivity contribution is -0.124. The number of hydrogen-bond donors (Lipinski definition) is 4. The van der Waals surface area contributed by atoms with E-state index in [9.17, 15) is 19.2 Å². The minimum absolute atomic E-state index is 0.0629. The van der Waals surface area contributed by atoms with Crippen LogP contribution in [0, 0.1) is 23.7 Å². The molecular formula is C88H108N4O12. The quantitative estimate of drug-likeness (QED) is 0.0313. The monoisotopic (exact) mass is 1410 g/mol. The molecule has 8 atom stereocenters. The summed E-state index contributed by atoms with van der Waals surface area (Å²) in [6.07, 6.45) is 2.24. The predicted octanol–water partition coefficient (Wildman–Crippen LogP) is 17.8. The highest BCUT2D eigenvalue weighted by atomic mass is 16.5. The van der Waals surface area contributed by atoms with E-state index in [2.05, 4.69) is 101 Å². The highest BCUT2D eigenvalue weighted by molar-refractivity contribution is 5.80. The average molecular weight is 1410 g/mol. The van der Waals surface area contributed by atoms with Crippen LogP contribution in [0.15, 0.2) is 170 Å². The summed E-state index contributed by atoms with van der Waals surface area (Å²) in [5, 5.41) is 12.7. The molecule has 1 aliphatic carbocycles. The van der Waals surface area contributed by atoms with E-state index in [1.807, 2.05) is 173 Å². The van der Waals surface area contributed by atoms with Gasteiger partial charge in [-0.1, -0.05) is 177 Å². The van der Waals surface area contributed by atoms with Gasteiger partial charge in [-0.3, -0.25) is 19.2 Å². The van der Waals surface area contributed by atoms with Crippen molar-refractivity contribution in [2.24, 2.45) is 23.7 Å². The Hall–Kier alpha value is -9.96. The molecule has 0 saturated carbocycles. The van der Waals surface area contributed by atoms with Gasteiger partial charge in [0.2, 0.25) is 0 Å². The van der Waals surface area contributed by atoms with Gasteiger partial charge in [-0.15, -0.1) is 0 Å². The molecule has 8 aromatic carbocycles. The van der Waals surface area contributed by atoms with Crippen LogP contribution >= 0.6 is 0 Å². The molecule has 16 heteroatoms. The standard InChI is InChI=1S/C88H108N4O12/c1-53(2)37-65-69-41-74(82(45-77(69)97-13)102-50-86(94)90-58(10)62-31-23-18-24-32-62)67(39-55(5)6)71-43-76(84(47-79(71)99-15)104-52-88(96)92-60(12)64-35-27-20-28-36-64)68(40-56(7)8)72-44-75(83(48-80(72)100-16)103-51-87(95)91-59(11)63-33-25-19-26-34-63)66(38-54(3)4)70-42-73(65)81(46-78(70)98-14)101-49-85(93)89-57(9)61-29-21-17-22-30-61/h17-36,41-48,53-60,65-68H,37-40,49-52H2,1-16H3,(H,89,93)(H,90,94)(H,91,95)(H,92,96)/t57-,58-,59-,60-,65+,66+,67+,68+/m0/s1. The van der Waals surface area contributed by atoms with Gasteiger partial charge in [-0.2, -0.15) is 0 Å². The van der Waals surface area contributed by atoms with Gasteiger partial charge in [0.05, 0.1) is 52.6 Å². The second kappa shape index (κ2) is 37.0. The summed E-state index contributed by atoms with van der Waals surface area (Å²) in [6, 6.07) is 54.3. The fraction of sp³-hybridized carbons (Fsp3) is 0.409. The van der Waals surface area contributed by atoms with Gasteiger partial charge in [0.1, 0.15) is 46.0 Å². The van der Waals surface area contributed by atoms with Crippen LogP contribution in [0.4, 0.5) is 0 Å². The maximum absolute atomic E-state index is 14.4. The summed E-state index contributed by atoms with van der Waals surface area (Å²) >= 11 is 0. The van der Waals surface area contributed by atoms with Crippen LogP contribution in [-0.2, 0) is 19.2 Å². The molecule has 0 fully saturated rings. The lowest BCUT2D eigenvalue weighted by Gasteiger charge is -2.33. The Morgan fingerprint density at radius 1 is 0.269 bits per heavy atom. The number of carbonyl (C=O) groups excluding carboxylic acids is 4.